The molecule has 1 fully saturated rings. The van der Waals surface area contributed by atoms with Gasteiger partial charge < -0.3 is 5.32 Å². The van der Waals surface area contributed by atoms with E-state index in [1.54, 1.807) is 4.57 Å². The molecule has 148 valence electrons. The van der Waals surface area contributed by atoms with Crippen molar-refractivity contribution in [1.82, 2.24) is 24.0 Å². The summed E-state index contributed by atoms with van der Waals surface area (Å²) in [4.78, 5) is 12.4. The lowest BCUT2D eigenvalue weighted by Crippen LogP contribution is -2.31. The minimum Gasteiger partial charge on any atom is -0.316 e. The van der Waals surface area contributed by atoms with Gasteiger partial charge in [-0.1, -0.05) is 0 Å². The van der Waals surface area contributed by atoms with E-state index in [1.807, 2.05) is 6.92 Å². The number of hydrogen-bond acceptors (Lipinski definition) is 5. The zero-order chi connectivity index (χ0) is 17.0. The zero-order valence-corrected chi connectivity index (χ0v) is 17.4. The molecule has 2 rings (SSSR count). The standard InChI is InChI=1S/C14H27N5O3S.2ClH/c1-4-18-13(12-7-5-8-15-11-12)16-19(14(18)20)9-6-10-23(21,22)17(2)3;;/h12,15H,4-11H2,1-3H3;2*1H. The third kappa shape index (κ3) is 5.96. The molecule has 11 heteroatoms. The van der Waals surface area contributed by atoms with Crippen LogP contribution < -0.4 is 11.0 Å². The zero-order valence-electron chi connectivity index (χ0n) is 15.0. The number of nitrogens with zero attached hydrogens (tertiary/aromatic N) is 4. The van der Waals surface area contributed by atoms with Gasteiger partial charge in [-0.3, -0.25) is 4.57 Å². The Morgan fingerprint density at radius 3 is 2.52 bits per heavy atom. The number of sulfonamides is 1. The van der Waals surface area contributed by atoms with Crippen LogP contribution in [0.3, 0.4) is 0 Å². The van der Waals surface area contributed by atoms with E-state index in [9.17, 15) is 13.2 Å². The van der Waals surface area contributed by atoms with Crippen LogP contribution in [0.4, 0.5) is 0 Å². The Balaban J connectivity index is 0.00000288. The van der Waals surface area contributed by atoms with Crippen LogP contribution in [0.25, 0.3) is 0 Å². The monoisotopic (exact) mass is 417 g/mol. The fourth-order valence-electron chi connectivity index (χ4n) is 2.85. The average molecular weight is 418 g/mol. The fraction of sp³-hybridized carbons (Fsp3) is 0.857. The maximum absolute atomic E-state index is 12.4. The molecular weight excluding hydrogens is 389 g/mol. The summed E-state index contributed by atoms with van der Waals surface area (Å²) in [7, 11) is -0.206. The molecule has 25 heavy (non-hydrogen) atoms. The molecule has 1 saturated heterocycles. The molecular formula is C14H29Cl2N5O3S. The Labute approximate surface area is 161 Å². The number of aromatic nitrogens is 3. The van der Waals surface area contributed by atoms with Gasteiger partial charge in [0.15, 0.2) is 0 Å². The van der Waals surface area contributed by atoms with Gasteiger partial charge in [-0.25, -0.2) is 22.2 Å². The van der Waals surface area contributed by atoms with Crippen molar-refractivity contribution < 1.29 is 8.42 Å². The van der Waals surface area contributed by atoms with Crippen molar-refractivity contribution >= 4 is 34.8 Å². The highest BCUT2D eigenvalue weighted by atomic mass is 35.5. The molecule has 2 heterocycles. The van der Waals surface area contributed by atoms with Gasteiger partial charge in [0.1, 0.15) is 5.82 Å². The highest BCUT2D eigenvalue weighted by Crippen LogP contribution is 2.20. The maximum Gasteiger partial charge on any atom is 0.345 e. The lowest BCUT2D eigenvalue weighted by Gasteiger charge is -2.21. The van der Waals surface area contributed by atoms with Crippen LogP contribution in [0.2, 0.25) is 0 Å². The van der Waals surface area contributed by atoms with Gasteiger partial charge in [0.2, 0.25) is 10.0 Å². The molecule has 0 bridgehead atoms. The molecule has 1 aromatic heterocycles. The summed E-state index contributed by atoms with van der Waals surface area (Å²) >= 11 is 0. The van der Waals surface area contributed by atoms with E-state index in [0.29, 0.717) is 19.5 Å². The van der Waals surface area contributed by atoms with E-state index >= 15 is 0 Å². The Hall–Kier alpha value is -0.610. The van der Waals surface area contributed by atoms with Gasteiger partial charge in [-0.2, -0.15) is 5.10 Å². The largest absolute Gasteiger partial charge is 0.345 e. The van der Waals surface area contributed by atoms with Crippen molar-refractivity contribution in [3.8, 4) is 0 Å². The van der Waals surface area contributed by atoms with Crippen molar-refractivity contribution in [3.05, 3.63) is 16.3 Å². The molecule has 0 saturated carbocycles. The topological polar surface area (TPSA) is 89.2 Å². The summed E-state index contributed by atoms with van der Waals surface area (Å²) in [5.41, 5.74) is -0.143. The number of hydrogen-bond donors (Lipinski definition) is 1. The van der Waals surface area contributed by atoms with Crippen LogP contribution in [-0.2, 0) is 23.1 Å². The lowest BCUT2D eigenvalue weighted by molar-refractivity contribution is 0.430. The van der Waals surface area contributed by atoms with E-state index < -0.39 is 10.0 Å². The van der Waals surface area contributed by atoms with Crippen LogP contribution in [0, 0.1) is 0 Å². The van der Waals surface area contributed by atoms with Crippen molar-refractivity contribution in [2.45, 2.75) is 45.2 Å². The van der Waals surface area contributed by atoms with Gasteiger partial charge in [0.05, 0.1) is 5.75 Å². The average Bonchev–Trinajstić information content (AvgIpc) is 2.84. The molecule has 0 spiro atoms. The maximum atomic E-state index is 12.4. The van der Waals surface area contributed by atoms with Crippen LogP contribution >= 0.6 is 24.8 Å². The van der Waals surface area contributed by atoms with Gasteiger partial charge in [-0.15, -0.1) is 24.8 Å². The summed E-state index contributed by atoms with van der Waals surface area (Å²) in [6, 6.07) is 0. The quantitative estimate of drug-likeness (QED) is 0.703. The first kappa shape index (κ1) is 24.4. The molecule has 0 aromatic carbocycles. The molecule has 0 amide bonds. The van der Waals surface area contributed by atoms with Crippen molar-refractivity contribution in [2.75, 3.05) is 32.9 Å². The van der Waals surface area contributed by atoms with E-state index in [1.165, 1.54) is 23.1 Å². The minimum absolute atomic E-state index is 0. The van der Waals surface area contributed by atoms with E-state index in [2.05, 4.69) is 10.4 Å². The van der Waals surface area contributed by atoms with Crippen LogP contribution in [-0.4, -0.2) is 60.0 Å². The normalized spacial score (nSPS) is 17.8. The minimum atomic E-state index is -3.24. The molecule has 8 nitrogen and oxygen atoms in total. The summed E-state index contributed by atoms with van der Waals surface area (Å²) in [5.74, 6) is 1.09. The summed E-state index contributed by atoms with van der Waals surface area (Å²) < 4.78 is 27.9. The molecule has 1 N–H and O–H groups in total. The summed E-state index contributed by atoms with van der Waals surface area (Å²) in [5, 5.41) is 7.83. The smallest absolute Gasteiger partial charge is 0.316 e. The number of nitrogens with one attached hydrogen (secondary N) is 1. The first-order valence-electron chi connectivity index (χ1n) is 8.15. The Kier molecular flexibility index (Phi) is 10.3. The number of aryl methyl sites for hydroxylation is 1. The fourth-order valence-corrected chi connectivity index (χ4v) is 3.71. The van der Waals surface area contributed by atoms with Crippen molar-refractivity contribution in [1.29, 1.82) is 0 Å². The highest BCUT2D eigenvalue weighted by molar-refractivity contribution is 7.89. The van der Waals surface area contributed by atoms with E-state index in [0.717, 1.165) is 31.8 Å². The molecule has 1 aliphatic rings. The van der Waals surface area contributed by atoms with Gasteiger partial charge >= 0.3 is 5.69 Å². The van der Waals surface area contributed by atoms with Crippen LogP contribution in [0.5, 0.6) is 0 Å². The number of halogens is 2. The molecule has 0 aliphatic carbocycles. The van der Waals surface area contributed by atoms with E-state index in [4.69, 9.17) is 0 Å². The lowest BCUT2D eigenvalue weighted by atomic mass is 9.99. The van der Waals surface area contributed by atoms with Gasteiger partial charge in [0.25, 0.3) is 0 Å². The van der Waals surface area contributed by atoms with Crippen molar-refractivity contribution in [2.24, 2.45) is 0 Å². The predicted octanol–water partition coefficient (Wildman–Crippen LogP) is 0.657. The van der Waals surface area contributed by atoms with Gasteiger partial charge in [0, 0.05) is 39.6 Å². The summed E-state index contributed by atoms with van der Waals surface area (Å²) in [6.45, 7) is 4.69. The third-order valence-electron chi connectivity index (χ3n) is 4.26. The molecule has 1 aliphatic heterocycles. The van der Waals surface area contributed by atoms with Crippen LogP contribution in [0.15, 0.2) is 4.79 Å². The first-order chi connectivity index (χ1) is 10.9. The second-order valence-corrected chi connectivity index (χ2v) is 8.41. The Morgan fingerprint density at radius 2 is 2.00 bits per heavy atom. The molecule has 1 aromatic rings. The summed E-state index contributed by atoms with van der Waals surface area (Å²) in [6.07, 6.45) is 2.48. The number of piperidine rings is 1. The van der Waals surface area contributed by atoms with E-state index in [-0.39, 0.29) is 42.2 Å². The molecule has 1 atom stereocenters. The Bertz CT molecular complexity index is 681. The molecule has 0 radical (unpaired) electrons. The number of rotatable bonds is 7. The third-order valence-corrected chi connectivity index (χ3v) is 6.18. The predicted molar refractivity (Wildman–Crippen MR) is 104 cm³/mol. The molecule has 1 unspecified atom stereocenters. The van der Waals surface area contributed by atoms with Crippen LogP contribution in [0.1, 0.15) is 37.9 Å². The second-order valence-electron chi connectivity index (χ2n) is 6.10. The second kappa shape index (κ2) is 10.5. The SMILES string of the molecule is CCn1c(C2CCCNC2)nn(CCCS(=O)(=O)N(C)C)c1=O.Cl.Cl. The van der Waals surface area contributed by atoms with Gasteiger partial charge in [-0.05, 0) is 32.7 Å². The first-order valence-corrected chi connectivity index (χ1v) is 9.76. The Morgan fingerprint density at radius 1 is 1.32 bits per heavy atom. The van der Waals surface area contributed by atoms with Crippen molar-refractivity contribution in [3.63, 3.8) is 0 Å². The highest BCUT2D eigenvalue weighted by Gasteiger charge is 2.23.